The zero-order valence-corrected chi connectivity index (χ0v) is 16.0. The first-order chi connectivity index (χ1) is 11.4. The minimum atomic E-state index is -4.36. The number of hydrogen-bond donors (Lipinski definition) is 1. The fraction of sp³-hybridized carbons (Fsp3) is 0.588. The first kappa shape index (κ1) is 20.0. The Labute approximate surface area is 153 Å². The van der Waals surface area contributed by atoms with Gasteiger partial charge in [0.25, 0.3) is 0 Å². The summed E-state index contributed by atoms with van der Waals surface area (Å²) < 4.78 is 44.5. The van der Waals surface area contributed by atoms with E-state index in [2.05, 4.69) is 21.2 Å². The summed E-state index contributed by atoms with van der Waals surface area (Å²) in [6.45, 7) is 7.03. The number of nitrogens with zero attached hydrogens (tertiary/aromatic N) is 1. The van der Waals surface area contributed by atoms with Crippen LogP contribution in [0.1, 0.15) is 38.3 Å². The normalized spacial score (nSPS) is 19.1. The molecule has 0 bridgehead atoms. The van der Waals surface area contributed by atoms with E-state index in [1.54, 1.807) is 20.8 Å². The zero-order chi connectivity index (χ0) is 18.8. The topological polar surface area (TPSA) is 41.6 Å². The van der Waals surface area contributed by atoms with Gasteiger partial charge in [0.1, 0.15) is 5.60 Å². The quantitative estimate of drug-likeness (QED) is 0.775. The zero-order valence-electron chi connectivity index (χ0n) is 14.4. The monoisotopic (exact) mass is 422 g/mol. The van der Waals surface area contributed by atoms with E-state index in [1.165, 1.54) is 12.1 Å². The summed E-state index contributed by atoms with van der Waals surface area (Å²) in [5.41, 5.74) is -0.647. The largest absolute Gasteiger partial charge is 0.444 e. The second-order valence-corrected chi connectivity index (χ2v) is 8.03. The van der Waals surface area contributed by atoms with Crippen LogP contribution in [-0.2, 0) is 17.5 Å². The van der Waals surface area contributed by atoms with E-state index < -0.39 is 23.4 Å². The molecule has 1 amide bonds. The Bertz CT molecular complexity index is 629. The van der Waals surface area contributed by atoms with Crippen molar-refractivity contribution in [2.75, 3.05) is 13.1 Å². The van der Waals surface area contributed by atoms with Gasteiger partial charge in [-0.2, -0.15) is 13.2 Å². The Hall–Kier alpha value is -1.28. The van der Waals surface area contributed by atoms with Crippen molar-refractivity contribution in [3.63, 3.8) is 0 Å². The van der Waals surface area contributed by atoms with Gasteiger partial charge < -0.3 is 10.1 Å². The van der Waals surface area contributed by atoms with Crippen molar-refractivity contribution in [3.05, 3.63) is 33.8 Å². The van der Waals surface area contributed by atoms with E-state index in [9.17, 15) is 18.0 Å². The number of carbonyl (C=O) groups excluding carboxylic acids is 1. The number of benzene rings is 1. The van der Waals surface area contributed by atoms with Gasteiger partial charge in [-0.05, 0) is 51.0 Å². The maximum Gasteiger partial charge on any atom is 0.416 e. The molecule has 0 saturated carbocycles. The molecule has 1 aromatic carbocycles. The molecule has 1 saturated heterocycles. The van der Waals surface area contributed by atoms with Crippen LogP contribution in [0.5, 0.6) is 0 Å². The van der Waals surface area contributed by atoms with Crippen LogP contribution in [0.4, 0.5) is 18.0 Å². The number of hydrogen-bond acceptors (Lipinski definition) is 3. The standard InChI is InChI=1S/C17H22BrF3N2O2/c1-16(2,3)25-15(24)22-13-6-7-23(10-13)9-11-8-12(17(19,20)21)4-5-14(11)18/h4-5,8,13H,6-7,9-10H2,1-3H3,(H,22,24). The lowest BCUT2D eigenvalue weighted by Crippen LogP contribution is -2.40. The van der Waals surface area contributed by atoms with Gasteiger partial charge in [0.05, 0.1) is 5.56 Å². The van der Waals surface area contributed by atoms with E-state index in [1.807, 2.05) is 4.90 Å². The molecule has 1 atom stereocenters. The second kappa shape index (κ2) is 7.53. The predicted octanol–water partition coefficient (Wildman–Crippen LogP) is 4.57. The average Bonchev–Trinajstić information content (AvgIpc) is 2.85. The highest BCUT2D eigenvalue weighted by molar-refractivity contribution is 9.10. The number of halogens is 4. The third kappa shape index (κ3) is 6.18. The molecule has 1 heterocycles. The van der Waals surface area contributed by atoms with E-state index in [4.69, 9.17) is 4.74 Å². The van der Waals surface area contributed by atoms with Crippen molar-refractivity contribution in [1.82, 2.24) is 10.2 Å². The van der Waals surface area contributed by atoms with Crippen LogP contribution in [0.15, 0.2) is 22.7 Å². The summed E-state index contributed by atoms with van der Waals surface area (Å²) >= 11 is 3.31. The molecule has 0 spiro atoms. The van der Waals surface area contributed by atoms with E-state index >= 15 is 0 Å². The maximum absolute atomic E-state index is 12.9. The van der Waals surface area contributed by atoms with Gasteiger partial charge in [-0.3, -0.25) is 4.90 Å². The Morgan fingerprint density at radius 2 is 2.04 bits per heavy atom. The smallest absolute Gasteiger partial charge is 0.416 e. The summed E-state index contributed by atoms with van der Waals surface area (Å²) in [7, 11) is 0. The highest BCUT2D eigenvalue weighted by Gasteiger charge is 2.31. The van der Waals surface area contributed by atoms with Gasteiger partial charge in [-0.15, -0.1) is 0 Å². The van der Waals surface area contributed by atoms with Crippen LogP contribution in [-0.4, -0.2) is 35.7 Å². The number of alkyl halides is 3. The molecular formula is C17H22BrF3N2O2. The molecule has 0 radical (unpaired) electrons. The Morgan fingerprint density at radius 3 is 2.64 bits per heavy atom. The second-order valence-electron chi connectivity index (χ2n) is 7.17. The van der Waals surface area contributed by atoms with Crippen LogP contribution in [0.2, 0.25) is 0 Å². The van der Waals surface area contributed by atoms with E-state index in [0.29, 0.717) is 29.7 Å². The number of likely N-dealkylation sites (tertiary alicyclic amines) is 1. The Morgan fingerprint density at radius 1 is 1.36 bits per heavy atom. The fourth-order valence-electron chi connectivity index (χ4n) is 2.68. The number of alkyl carbamates (subject to hydrolysis) is 1. The number of ether oxygens (including phenoxy) is 1. The molecule has 1 aromatic rings. The lowest BCUT2D eigenvalue weighted by Gasteiger charge is -2.22. The number of nitrogens with one attached hydrogen (secondary N) is 1. The number of amides is 1. The van der Waals surface area contributed by atoms with Crippen molar-refractivity contribution in [2.24, 2.45) is 0 Å². The van der Waals surface area contributed by atoms with Crippen LogP contribution in [0.25, 0.3) is 0 Å². The van der Waals surface area contributed by atoms with Gasteiger partial charge >= 0.3 is 12.3 Å². The SMILES string of the molecule is CC(C)(C)OC(=O)NC1CCN(Cc2cc(C(F)(F)F)ccc2Br)C1. The first-order valence-electron chi connectivity index (χ1n) is 8.01. The van der Waals surface area contributed by atoms with Gasteiger partial charge in [-0.25, -0.2) is 4.79 Å². The molecule has 1 N–H and O–H groups in total. The summed E-state index contributed by atoms with van der Waals surface area (Å²) in [6.07, 6.45) is -4.10. The lowest BCUT2D eigenvalue weighted by molar-refractivity contribution is -0.137. The molecule has 2 rings (SSSR count). The van der Waals surface area contributed by atoms with Crippen LogP contribution >= 0.6 is 15.9 Å². The highest BCUT2D eigenvalue weighted by Crippen LogP contribution is 2.32. The third-order valence-electron chi connectivity index (χ3n) is 3.76. The van der Waals surface area contributed by atoms with Gasteiger partial charge in [0.2, 0.25) is 0 Å². The predicted molar refractivity (Wildman–Crippen MR) is 92.2 cm³/mol. The van der Waals surface area contributed by atoms with Gasteiger partial charge in [0.15, 0.2) is 0 Å². The molecule has 0 aromatic heterocycles. The third-order valence-corrected chi connectivity index (χ3v) is 4.53. The Kier molecular flexibility index (Phi) is 6.04. The molecule has 140 valence electrons. The summed E-state index contributed by atoms with van der Waals surface area (Å²) in [5, 5.41) is 2.81. The summed E-state index contributed by atoms with van der Waals surface area (Å²) in [6, 6.07) is 3.58. The Balaban J connectivity index is 1.94. The molecule has 25 heavy (non-hydrogen) atoms. The van der Waals surface area contributed by atoms with Gasteiger partial charge in [0, 0.05) is 30.1 Å². The van der Waals surface area contributed by atoms with Crippen molar-refractivity contribution >= 4 is 22.0 Å². The molecule has 1 fully saturated rings. The molecule has 0 aliphatic carbocycles. The van der Waals surface area contributed by atoms with E-state index in [-0.39, 0.29) is 6.04 Å². The van der Waals surface area contributed by atoms with Crippen LogP contribution < -0.4 is 5.32 Å². The minimum Gasteiger partial charge on any atom is -0.444 e. The maximum atomic E-state index is 12.9. The highest BCUT2D eigenvalue weighted by atomic mass is 79.9. The molecule has 8 heteroatoms. The van der Waals surface area contributed by atoms with Crippen molar-refractivity contribution < 1.29 is 22.7 Å². The van der Waals surface area contributed by atoms with Crippen molar-refractivity contribution in [3.8, 4) is 0 Å². The average molecular weight is 423 g/mol. The molecule has 4 nitrogen and oxygen atoms in total. The van der Waals surface area contributed by atoms with Crippen LogP contribution in [0, 0.1) is 0 Å². The summed E-state index contributed by atoms with van der Waals surface area (Å²) in [4.78, 5) is 13.8. The van der Waals surface area contributed by atoms with Crippen LogP contribution in [0.3, 0.4) is 0 Å². The molecule has 1 unspecified atom stereocenters. The van der Waals surface area contributed by atoms with Gasteiger partial charge in [-0.1, -0.05) is 15.9 Å². The van der Waals surface area contributed by atoms with Crippen molar-refractivity contribution in [2.45, 2.75) is 51.6 Å². The van der Waals surface area contributed by atoms with Crippen molar-refractivity contribution in [1.29, 1.82) is 0 Å². The molecule has 1 aliphatic heterocycles. The fourth-order valence-corrected chi connectivity index (χ4v) is 3.05. The lowest BCUT2D eigenvalue weighted by atomic mass is 10.1. The van der Waals surface area contributed by atoms with E-state index in [0.717, 1.165) is 12.5 Å². The minimum absolute atomic E-state index is 0.0700. The summed E-state index contributed by atoms with van der Waals surface area (Å²) in [5.74, 6) is 0. The number of carbonyl (C=O) groups is 1. The molecule has 1 aliphatic rings. The molecular weight excluding hydrogens is 401 g/mol. The number of rotatable bonds is 3. The first-order valence-corrected chi connectivity index (χ1v) is 8.81.